The van der Waals surface area contributed by atoms with E-state index in [1.54, 1.807) is 0 Å². The Morgan fingerprint density at radius 2 is 1.77 bits per heavy atom. The van der Waals surface area contributed by atoms with Crippen LogP contribution in [0.1, 0.15) is 57.4 Å². The number of amides is 1. The molecule has 1 fully saturated rings. The molecule has 22 heavy (non-hydrogen) atoms. The fraction of sp³-hybridized carbons (Fsp3) is 0.611. The van der Waals surface area contributed by atoms with Gasteiger partial charge in [0.15, 0.2) is 0 Å². The molecule has 2 rings (SSSR count). The zero-order valence-electron chi connectivity index (χ0n) is 13.6. The maximum Gasteiger partial charge on any atom is 0.220 e. The normalized spacial score (nSPS) is 22.7. The summed E-state index contributed by atoms with van der Waals surface area (Å²) in [6.45, 7) is 4.37. The minimum atomic E-state index is 0. The number of carbonyl (C=O) groups excluding carboxylic acids is 1. The van der Waals surface area contributed by atoms with E-state index in [0.29, 0.717) is 24.4 Å². The van der Waals surface area contributed by atoms with E-state index in [-0.39, 0.29) is 24.2 Å². The number of halogens is 1. The lowest BCUT2D eigenvalue weighted by Gasteiger charge is -2.28. The summed E-state index contributed by atoms with van der Waals surface area (Å²) in [6, 6.07) is 11.0. The summed E-state index contributed by atoms with van der Waals surface area (Å²) >= 11 is 0. The van der Waals surface area contributed by atoms with Gasteiger partial charge in [-0.15, -0.1) is 12.4 Å². The Hall–Kier alpha value is -1.06. The second-order valence-corrected chi connectivity index (χ2v) is 6.64. The molecule has 0 spiro atoms. The summed E-state index contributed by atoms with van der Waals surface area (Å²) in [4.78, 5) is 12.3. The molecule has 1 atom stereocenters. The van der Waals surface area contributed by atoms with Gasteiger partial charge in [0.1, 0.15) is 0 Å². The molecule has 3 N–H and O–H groups in total. The van der Waals surface area contributed by atoms with Crippen molar-refractivity contribution in [1.82, 2.24) is 5.32 Å². The van der Waals surface area contributed by atoms with E-state index in [0.717, 1.165) is 25.7 Å². The maximum absolute atomic E-state index is 12.3. The van der Waals surface area contributed by atoms with Crippen molar-refractivity contribution in [3.63, 3.8) is 0 Å². The molecule has 1 aliphatic rings. The van der Waals surface area contributed by atoms with Crippen molar-refractivity contribution in [2.24, 2.45) is 11.7 Å². The van der Waals surface area contributed by atoms with Gasteiger partial charge in [-0.3, -0.25) is 4.79 Å². The smallest absolute Gasteiger partial charge is 0.220 e. The average Bonchev–Trinajstić information content (AvgIpc) is 2.48. The third-order valence-electron chi connectivity index (χ3n) is 4.57. The lowest BCUT2D eigenvalue weighted by Crippen LogP contribution is -2.41. The number of carbonyl (C=O) groups is 1. The predicted octanol–water partition coefficient (Wildman–Crippen LogP) is 3.62. The van der Waals surface area contributed by atoms with Crippen molar-refractivity contribution in [3.05, 3.63) is 35.9 Å². The summed E-state index contributed by atoms with van der Waals surface area (Å²) in [7, 11) is 0. The molecule has 124 valence electrons. The van der Waals surface area contributed by atoms with Crippen molar-refractivity contribution in [2.45, 2.75) is 64.0 Å². The van der Waals surface area contributed by atoms with Crippen LogP contribution in [-0.2, 0) is 4.79 Å². The Morgan fingerprint density at radius 3 is 2.32 bits per heavy atom. The standard InChI is InChI=1S/C18H28N2O.ClH/c1-13(2)17(14-6-4-3-5-7-14)12-18(21)20-16-10-8-15(19)9-11-16;/h3-7,13,15-17H,8-12,19H2,1-2H3,(H,20,21);1H. The van der Waals surface area contributed by atoms with E-state index in [4.69, 9.17) is 5.73 Å². The lowest BCUT2D eigenvalue weighted by atomic mass is 9.85. The first kappa shape index (κ1) is 19.0. The van der Waals surface area contributed by atoms with E-state index < -0.39 is 0 Å². The number of nitrogens with two attached hydrogens (primary N) is 1. The van der Waals surface area contributed by atoms with Gasteiger partial charge in [0, 0.05) is 18.5 Å². The van der Waals surface area contributed by atoms with Gasteiger partial charge < -0.3 is 11.1 Å². The molecule has 1 unspecified atom stereocenters. The van der Waals surface area contributed by atoms with Gasteiger partial charge in [-0.2, -0.15) is 0 Å². The van der Waals surface area contributed by atoms with Crippen molar-refractivity contribution in [3.8, 4) is 0 Å². The monoisotopic (exact) mass is 324 g/mol. The van der Waals surface area contributed by atoms with Crippen molar-refractivity contribution < 1.29 is 4.79 Å². The second kappa shape index (κ2) is 9.16. The van der Waals surface area contributed by atoms with Crippen LogP contribution in [0.15, 0.2) is 30.3 Å². The molecule has 3 nitrogen and oxygen atoms in total. The number of hydrogen-bond donors (Lipinski definition) is 2. The lowest BCUT2D eigenvalue weighted by molar-refractivity contribution is -0.122. The SMILES string of the molecule is CC(C)C(CC(=O)NC1CCC(N)CC1)c1ccccc1.Cl. The molecule has 1 aromatic rings. The highest BCUT2D eigenvalue weighted by atomic mass is 35.5. The van der Waals surface area contributed by atoms with Gasteiger partial charge in [0.25, 0.3) is 0 Å². The Labute approximate surface area is 140 Å². The van der Waals surface area contributed by atoms with E-state index in [9.17, 15) is 4.79 Å². The molecule has 1 aromatic carbocycles. The minimum absolute atomic E-state index is 0. The fourth-order valence-electron chi connectivity index (χ4n) is 3.19. The van der Waals surface area contributed by atoms with Gasteiger partial charge in [-0.05, 0) is 43.1 Å². The number of hydrogen-bond acceptors (Lipinski definition) is 2. The molecule has 0 saturated heterocycles. The van der Waals surface area contributed by atoms with Gasteiger partial charge in [0.2, 0.25) is 5.91 Å². The molecular weight excluding hydrogens is 296 g/mol. The van der Waals surface area contributed by atoms with Crippen LogP contribution in [0.25, 0.3) is 0 Å². The highest BCUT2D eigenvalue weighted by Gasteiger charge is 2.23. The van der Waals surface area contributed by atoms with Crippen molar-refractivity contribution in [1.29, 1.82) is 0 Å². The van der Waals surface area contributed by atoms with E-state index in [1.165, 1.54) is 5.56 Å². The van der Waals surface area contributed by atoms with Crippen LogP contribution in [0.2, 0.25) is 0 Å². The first-order chi connectivity index (χ1) is 10.1. The van der Waals surface area contributed by atoms with Gasteiger partial charge in [0.05, 0.1) is 0 Å². The first-order valence-corrected chi connectivity index (χ1v) is 8.16. The first-order valence-electron chi connectivity index (χ1n) is 8.16. The highest BCUT2D eigenvalue weighted by molar-refractivity contribution is 5.85. The van der Waals surface area contributed by atoms with Crippen LogP contribution in [-0.4, -0.2) is 18.0 Å². The van der Waals surface area contributed by atoms with Crippen LogP contribution in [0.4, 0.5) is 0 Å². The molecule has 0 bridgehead atoms. The molecule has 4 heteroatoms. The van der Waals surface area contributed by atoms with Gasteiger partial charge in [-0.1, -0.05) is 44.2 Å². The number of benzene rings is 1. The molecule has 0 radical (unpaired) electrons. The zero-order valence-corrected chi connectivity index (χ0v) is 14.4. The molecule has 1 amide bonds. The van der Waals surface area contributed by atoms with Crippen LogP contribution < -0.4 is 11.1 Å². The molecule has 1 saturated carbocycles. The third kappa shape index (κ3) is 5.62. The van der Waals surface area contributed by atoms with Gasteiger partial charge >= 0.3 is 0 Å². The minimum Gasteiger partial charge on any atom is -0.353 e. The Bertz CT molecular complexity index is 442. The highest BCUT2D eigenvalue weighted by Crippen LogP contribution is 2.28. The summed E-state index contributed by atoms with van der Waals surface area (Å²) in [6.07, 6.45) is 4.66. The van der Waals surface area contributed by atoms with Crippen LogP contribution in [0, 0.1) is 5.92 Å². The number of rotatable bonds is 5. The zero-order chi connectivity index (χ0) is 15.2. The Kier molecular flexibility index (Phi) is 7.91. The quantitative estimate of drug-likeness (QED) is 0.869. The van der Waals surface area contributed by atoms with Crippen LogP contribution in [0.3, 0.4) is 0 Å². The van der Waals surface area contributed by atoms with Crippen LogP contribution in [0.5, 0.6) is 0 Å². The summed E-state index contributed by atoms with van der Waals surface area (Å²) in [5.74, 6) is 0.924. The van der Waals surface area contributed by atoms with Crippen molar-refractivity contribution in [2.75, 3.05) is 0 Å². The Morgan fingerprint density at radius 1 is 1.18 bits per heavy atom. The molecule has 1 aliphatic carbocycles. The van der Waals surface area contributed by atoms with E-state index in [2.05, 4.69) is 31.3 Å². The maximum atomic E-state index is 12.3. The fourth-order valence-corrected chi connectivity index (χ4v) is 3.19. The molecule has 0 heterocycles. The van der Waals surface area contributed by atoms with Gasteiger partial charge in [-0.25, -0.2) is 0 Å². The molecule has 0 aromatic heterocycles. The topological polar surface area (TPSA) is 55.1 Å². The summed E-state index contributed by atoms with van der Waals surface area (Å²) in [5, 5.41) is 3.20. The molecule has 0 aliphatic heterocycles. The largest absolute Gasteiger partial charge is 0.353 e. The average molecular weight is 325 g/mol. The Balaban J connectivity index is 0.00000242. The third-order valence-corrected chi connectivity index (χ3v) is 4.57. The molecular formula is C18H29ClN2O. The predicted molar refractivity (Wildman–Crippen MR) is 94.3 cm³/mol. The second-order valence-electron chi connectivity index (χ2n) is 6.64. The van der Waals surface area contributed by atoms with Crippen molar-refractivity contribution >= 4 is 18.3 Å². The van der Waals surface area contributed by atoms with E-state index >= 15 is 0 Å². The summed E-state index contributed by atoms with van der Waals surface area (Å²) in [5.41, 5.74) is 7.17. The van der Waals surface area contributed by atoms with Crippen LogP contribution >= 0.6 is 12.4 Å². The summed E-state index contributed by atoms with van der Waals surface area (Å²) < 4.78 is 0. The van der Waals surface area contributed by atoms with E-state index in [1.807, 2.05) is 18.2 Å². The number of nitrogens with one attached hydrogen (secondary N) is 1.